The predicted octanol–water partition coefficient (Wildman–Crippen LogP) is 2.97. The van der Waals surface area contributed by atoms with Crippen LogP contribution < -0.4 is 9.47 Å². The molecule has 1 N–H and O–H groups in total. The second kappa shape index (κ2) is 6.50. The molecule has 0 saturated heterocycles. The maximum atomic E-state index is 9.15. The van der Waals surface area contributed by atoms with Crippen LogP contribution in [-0.2, 0) is 0 Å². The Bertz CT molecular complexity index is 347. The summed E-state index contributed by atoms with van der Waals surface area (Å²) in [6, 6.07) is 5.83. The monoisotopic (exact) mass is 238 g/mol. The van der Waals surface area contributed by atoms with Gasteiger partial charge in [-0.05, 0) is 38.5 Å². The summed E-state index contributed by atoms with van der Waals surface area (Å²) in [5.41, 5.74) is 1.06. The van der Waals surface area contributed by atoms with Crippen LogP contribution in [0, 0.1) is 0 Å². The van der Waals surface area contributed by atoms with Crippen LogP contribution >= 0.6 is 0 Å². The van der Waals surface area contributed by atoms with Gasteiger partial charge in [0.15, 0.2) is 11.5 Å². The molecule has 1 aromatic carbocycles. The lowest BCUT2D eigenvalue weighted by molar-refractivity contribution is 0.223. The first kappa shape index (κ1) is 13.8. The van der Waals surface area contributed by atoms with E-state index in [0.29, 0.717) is 6.61 Å². The topological polar surface area (TPSA) is 38.7 Å². The Hall–Kier alpha value is -1.22. The van der Waals surface area contributed by atoms with Crippen LogP contribution in [0.2, 0.25) is 0 Å². The van der Waals surface area contributed by atoms with Crippen molar-refractivity contribution in [1.29, 1.82) is 0 Å². The second-order valence-corrected chi connectivity index (χ2v) is 4.39. The van der Waals surface area contributed by atoms with Gasteiger partial charge in [-0.2, -0.15) is 0 Å². The van der Waals surface area contributed by atoms with Crippen molar-refractivity contribution in [1.82, 2.24) is 0 Å². The lowest BCUT2D eigenvalue weighted by Gasteiger charge is -2.17. The van der Waals surface area contributed by atoms with Crippen molar-refractivity contribution in [2.75, 3.05) is 13.2 Å². The van der Waals surface area contributed by atoms with E-state index < -0.39 is 0 Å². The molecule has 0 saturated carbocycles. The summed E-state index contributed by atoms with van der Waals surface area (Å²) in [4.78, 5) is 0. The molecule has 0 aliphatic carbocycles. The van der Waals surface area contributed by atoms with Gasteiger partial charge in [0.25, 0.3) is 0 Å². The molecular formula is C14H22O3. The van der Waals surface area contributed by atoms with Crippen molar-refractivity contribution in [2.24, 2.45) is 0 Å². The molecule has 0 aromatic heterocycles. The summed E-state index contributed by atoms with van der Waals surface area (Å²) in [7, 11) is 0. The fourth-order valence-electron chi connectivity index (χ4n) is 1.56. The summed E-state index contributed by atoms with van der Waals surface area (Å²) < 4.78 is 11.2. The molecule has 1 rings (SSSR count). The molecule has 0 spiro atoms. The third-order valence-corrected chi connectivity index (χ3v) is 2.47. The molecule has 1 aromatic rings. The molecular weight excluding hydrogens is 216 g/mol. The van der Waals surface area contributed by atoms with E-state index in [4.69, 9.17) is 14.6 Å². The summed E-state index contributed by atoms with van der Waals surface area (Å²) in [5.74, 6) is 1.62. The Labute approximate surface area is 103 Å². The van der Waals surface area contributed by atoms with Crippen LogP contribution in [0.4, 0.5) is 0 Å². The average Bonchev–Trinajstić information content (AvgIpc) is 2.30. The molecule has 96 valence electrons. The Balaban J connectivity index is 2.98. The van der Waals surface area contributed by atoms with Crippen molar-refractivity contribution in [3.63, 3.8) is 0 Å². The molecule has 3 nitrogen and oxygen atoms in total. The van der Waals surface area contributed by atoms with Crippen LogP contribution in [-0.4, -0.2) is 24.4 Å². The standard InChI is InChI=1S/C14H22O3/c1-5-16-14-8-12(11(4)9-15)6-7-13(14)17-10(2)3/h6-8,10-11,15H,5,9H2,1-4H3. The van der Waals surface area contributed by atoms with E-state index in [1.807, 2.05) is 45.9 Å². The zero-order valence-electron chi connectivity index (χ0n) is 11.1. The van der Waals surface area contributed by atoms with Gasteiger partial charge in [0.1, 0.15) is 0 Å². The SMILES string of the molecule is CCOc1cc(C(C)CO)ccc1OC(C)C. The summed E-state index contributed by atoms with van der Waals surface area (Å²) in [6.45, 7) is 8.64. The van der Waals surface area contributed by atoms with Crippen LogP contribution in [0.1, 0.15) is 39.2 Å². The van der Waals surface area contributed by atoms with Crippen molar-refractivity contribution < 1.29 is 14.6 Å². The minimum atomic E-state index is 0.113. The number of ether oxygens (including phenoxy) is 2. The highest BCUT2D eigenvalue weighted by Gasteiger charge is 2.11. The van der Waals surface area contributed by atoms with Gasteiger partial charge in [-0.3, -0.25) is 0 Å². The number of hydrogen-bond donors (Lipinski definition) is 1. The zero-order valence-corrected chi connectivity index (χ0v) is 11.1. The molecule has 0 aliphatic heterocycles. The van der Waals surface area contributed by atoms with Gasteiger partial charge in [-0.1, -0.05) is 13.0 Å². The zero-order chi connectivity index (χ0) is 12.8. The summed E-state index contributed by atoms with van der Waals surface area (Å²) in [6.07, 6.45) is 0.121. The van der Waals surface area contributed by atoms with Crippen molar-refractivity contribution in [3.05, 3.63) is 23.8 Å². The minimum absolute atomic E-state index is 0.113. The number of rotatable bonds is 6. The molecule has 0 fully saturated rings. The number of aliphatic hydroxyl groups excluding tert-OH is 1. The largest absolute Gasteiger partial charge is 0.490 e. The third kappa shape index (κ3) is 3.93. The molecule has 0 heterocycles. The molecule has 1 unspecified atom stereocenters. The first-order valence-electron chi connectivity index (χ1n) is 6.12. The normalized spacial score (nSPS) is 12.6. The molecule has 0 bridgehead atoms. The van der Waals surface area contributed by atoms with Crippen LogP contribution in [0.3, 0.4) is 0 Å². The van der Waals surface area contributed by atoms with Gasteiger partial charge in [0, 0.05) is 12.5 Å². The predicted molar refractivity (Wildman–Crippen MR) is 68.9 cm³/mol. The first-order chi connectivity index (χ1) is 8.08. The van der Waals surface area contributed by atoms with Crippen molar-refractivity contribution >= 4 is 0 Å². The maximum Gasteiger partial charge on any atom is 0.161 e. The minimum Gasteiger partial charge on any atom is -0.490 e. The van der Waals surface area contributed by atoms with Crippen LogP contribution in [0.5, 0.6) is 11.5 Å². The number of benzene rings is 1. The lowest BCUT2D eigenvalue weighted by atomic mass is 10.0. The Morgan fingerprint density at radius 1 is 1.18 bits per heavy atom. The van der Waals surface area contributed by atoms with Gasteiger partial charge < -0.3 is 14.6 Å². The number of hydrogen-bond acceptors (Lipinski definition) is 3. The third-order valence-electron chi connectivity index (χ3n) is 2.47. The Morgan fingerprint density at radius 2 is 1.88 bits per heavy atom. The second-order valence-electron chi connectivity index (χ2n) is 4.39. The van der Waals surface area contributed by atoms with Crippen LogP contribution in [0.15, 0.2) is 18.2 Å². The molecule has 0 radical (unpaired) electrons. The van der Waals surface area contributed by atoms with E-state index in [0.717, 1.165) is 17.1 Å². The van der Waals surface area contributed by atoms with Crippen molar-refractivity contribution in [3.8, 4) is 11.5 Å². The van der Waals surface area contributed by atoms with Gasteiger partial charge in [-0.25, -0.2) is 0 Å². The molecule has 3 heteroatoms. The Morgan fingerprint density at radius 3 is 2.41 bits per heavy atom. The van der Waals surface area contributed by atoms with Gasteiger partial charge in [0.2, 0.25) is 0 Å². The molecule has 1 atom stereocenters. The first-order valence-corrected chi connectivity index (χ1v) is 6.12. The average molecular weight is 238 g/mol. The maximum absolute atomic E-state index is 9.15. The summed E-state index contributed by atoms with van der Waals surface area (Å²) in [5, 5.41) is 9.15. The van der Waals surface area contributed by atoms with E-state index in [1.54, 1.807) is 0 Å². The fraction of sp³-hybridized carbons (Fsp3) is 0.571. The highest BCUT2D eigenvalue weighted by atomic mass is 16.5. The van der Waals surface area contributed by atoms with Crippen molar-refractivity contribution in [2.45, 2.75) is 39.7 Å². The van der Waals surface area contributed by atoms with E-state index in [1.165, 1.54) is 0 Å². The fourth-order valence-corrected chi connectivity index (χ4v) is 1.56. The van der Waals surface area contributed by atoms with E-state index in [-0.39, 0.29) is 18.6 Å². The molecule has 0 amide bonds. The van der Waals surface area contributed by atoms with E-state index >= 15 is 0 Å². The molecule has 17 heavy (non-hydrogen) atoms. The highest BCUT2D eigenvalue weighted by molar-refractivity contribution is 5.44. The van der Waals surface area contributed by atoms with Crippen LogP contribution in [0.25, 0.3) is 0 Å². The number of aliphatic hydroxyl groups is 1. The quantitative estimate of drug-likeness (QED) is 0.828. The van der Waals surface area contributed by atoms with E-state index in [2.05, 4.69) is 0 Å². The van der Waals surface area contributed by atoms with Gasteiger partial charge in [0.05, 0.1) is 12.7 Å². The van der Waals surface area contributed by atoms with Gasteiger partial charge in [-0.15, -0.1) is 0 Å². The molecule has 0 aliphatic rings. The summed E-state index contributed by atoms with van der Waals surface area (Å²) >= 11 is 0. The highest BCUT2D eigenvalue weighted by Crippen LogP contribution is 2.31. The smallest absolute Gasteiger partial charge is 0.161 e. The lowest BCUT2D eigenvalue weighted by Crippen LogP contribution is -2.08. The Kier molecular flexibility index (Phi) is 5.29. The van der Waals surface area contributed by atoms with E-state index in [9.17, 15) is 0 Å². The van der Waals surface area contributed by atoms with Gasteiger partial charge >= 0.3 is 0 Å².